The Labute approximate surface area is 257 Å². The first-order valence-electron chi connectivity index (χ1n) is 15.0. The van der Waals surface area contributed by atoms with Crippen molar-refractivity contribution >= 4 is 16.8 Å². The van der Waals surface area contributed by atoms with E-state index in [1.165, 1.54) is 16.5 Å². The molecule has 3 heterocycles. The molecule has 1 unspecified atom stereocenters. The molecule has 1 aliphatic heterocycles. The van der Waals surface area contributed by atoms with Crippen molar-refractivity contribution < 1.29 is 14.3 Å². The average molecular weight is 594 g/mol. The van der Waals surface area contributed by atoms with Gasteiger partial charge in [0.2, 0.25) is 5.91 Å². The summed E-state index contributed by atoms with van der Waals surface area (Å²) in [5, 5.41) is 14.2. The molecular weight excluding hydrogens is 554 g/mol. The number of ether oxygens (including phenoxy) is 2. The molecule has 0 spiro atoms. The molecule has 3 aromatic carbocycles. The number of fused-ring (bicyclic) bond motifs is 1. The van der Waals surface area contributed by atoms with Gasteiger partial charge in [-0.25, -0.2) is 0 Å². The number of amides is 1. The topological polar surface area (TPSA) is 123 Å². The minimum Gasteiger partial charge on any atom is -0.497 e. The van der Waals surface area contributed by atoms with Crippen LogP contribution in [0.25, 0.3) is 10.9 Å². The summed E-state index contributed by atoms with van der Waals surface area (Å²) in [6, 6.07) is 24.2. The van der Waals surface area contributed by atoms with Gasteiger partial charge in [-0.05, 0) is 48.6 Å². The highest BCUT2D eigenvalue weighted by Gasteiger charge is 2.32. The average Bonchev–Trinajstić information content (AvgIpc) is 3.66. The quantitative estimate of drug-likeness (QED) is 0.200. The number of hydrogen-bond acceptors (Lipinski definition) is 7. The summed E-state index contributed by atoms with van der Waals surface area (Å²) >= 11 is 0. The zero-order valence-electron chi connectivity index (χ0n) is 25.2. The summed E-state index contributed by atoms with van der Waals surface area (Å²) in [7, 11) is 3.33. The van der Waals surface area contributed by atoms with Crippen molar-refractivity contribution in [2.75, 3.05) is 27.4 Å². The van der Waals surface area contributed by atoms with Crippen LogP contribution in [0.5, 0.6) is 11.5 Å². The normalized spacial score (nSPS) is 16.2. The van der Waals surface area contributed by atoms with Crippen LogP contribution >= 0.6 is 0 Å². The van der Waals surface area contributed by atoms with Gasteiger partial charge in [-0.2, -0.15) is 0 Å². The molecule has 10 nitrogen and oxygen atoms in total. The van der Waals surface area contributed by atoms with Crippen LogP contribution in [0.1, 0.15) is 40.8 Å². The van der Waals surface area contributed by atoms with E-state index in [0.29, 0.717) is 32.6 Å². The Morgan fingerprint density at radius 2 is 1.82 bits per heavy atom. The van der Waals surface area contributed by atoms with E-state index in [-0.39, 0.29) is 18.0 Å². The fraction of sp³-hybridized carbons (Fsp3) is 0.324. The first-order chi connectivity index (χ1) is 21.5. The second kappa shape index (κ2) is 13.3. The van der Waals surface area contributed by atoms with Crippen LogP contribution in [-0.4, -0.2) is 64.0 Å². The maximum absolute atomic E-state index is 11.9. The highest BCUT2D eigenvalue weighted by molar-refractivity contribution is 5.83. The van der Waals surface area contributed by atoms with Crippen molar-refractivity contribution in [2.24, 2.45) is 5.73 Å². The lowest BCUT2D eigenvalue weighted by Crippen LogP contribution is -2.54. The molecule has 0 aliphatic carbocycles. The van der Waals surface area contributed by atoms with Gasteiger partial charge in [0, 0.05) is 48.4 Å². The van der Waals surface area contributed by atoms with Crippen LogP contribution in [0.3, 0.4) is 0 Å². The van der Waals surface area contributed by atoms with E-state index in [1.54, 1.807) is 14.2 Å². The number of nitrogens with zero attached hydrogens (tertiary/aromatic N) is 4. The summed E-state index contributed by atoms with van der Waals surface area (Å²) in [5.41, 5.74) is 10.2. The number of primary amides is 1. The second-order valence-corrected chi connectivity index (χ2v) is 11.2. The summed E-state index contributed by atoms with van der Waals surface area (Å²) in [4.78, 5) is 17.7. The van der Waals surface area contributed by atoms with Crippen molar-refractivity contribution in [2.45, 2.75) is 44.3 Å². The van der Waals surface area contributed by atoms with Gasteiger partial charge in [0.25, 0.3) is 0 Å². The predicted molar refractivity (Wildman–Crippen MR) is 170 cm³/mol. The van der Waals surface area contributed by atoms with Crippen molar-refractivity contribution in [3.05, 3.63) is 107 Å². The van der Waals surface area contributed by atoms with Gasteiger partial charge in [-0.15, -0.1) is 10.2 Å². The van der Waals surface area contributed by atoms with Gasteiger partial charge >= 0.3 is 0 Å². The van der Waals surface area contributed by atoms with E-state index in [4.69, 9.17) is 25.4 Å². The molecule has 0 saturated carbocycles. The molecule has 4 N–H and O–H groups in total. The summed E-state index contributed by atoms with van der Waals surface area (Å²) < 4.78 is 13.5. The van der Waals surface area contributed by atoms with Gasteiger partial charge in [0.1, 0.15) is 17.3 Å². The van der Waals surface area contributed by atoms with Crippen molar-refractivity contribution in [1.29, 1.82) is 0 Å². The number of nitrogens with one attached hydrogen (secondary N) is 2. The number of aryl methyl sites for hydroxylation is 2. The van der Waals surface area contributed by atoms with Gasteiger partial charge in [-0.1, -0.05) is 48.5 Å². The van der Waals surface area contributed by atoms with Crippen LogP contribution in [0.2, 0.25) is 0 Å². The Kier molecular flexibility index (Phi) is 8.90. The molecule has 2 aromatic heterocycles. The largest absolute Gasteiger partial charge is 0.497 e. The fourth-order valence-corrected chi connectivity index (χ4v) is 6.11. The standard InChI is InChI=1S/C34H39N7O3/c1-43-26-14-13-24(31(19-26)44-2)21-41-32(15-12-23-8-4-3-5-9-23)38-39-34(41)30(40-17-16-29(33(35)42)37-22-40)18-25-20-36-28-11-7-6-10-27(25)28/h3-11,13-14,19-20,29-30,36-37H,12,15-18,21-22H2,1-2H3,(H2,35,42)/t29?,30-/m1/s1. The third-order valence-electron chi connectivity index (χ3n) is 8.58. The van der Waals surface area contributed by atoms with Crippen molar-refractivity contribution in [1.82, 2.24) is 30.0 Å². The number of nitrogens with two attached hydrogens (primary N) is 1. The number of carbonyl (C=O) groups is 1. The van der Waals surface area contributed by atoms with E-state index >= 15 is 0 Å². The molecule has 0 bridgehead atoms. The Morgan fingerprint density at radius 3 is 2.57 bits per heavy atom. The van der Waals surface area contributed by atoms with Crippen LogP contribution < -0.4 is 20.5 Å². The smallest absolute Gasteiger partial charge is 0.234 e. The van der Waals surface area contributed by atoms with Crippen molar-refractivity contribution in [3.8, 4) is 11.5 Å². The van der Waals surface area contributed by atoms with Gasteiger partial charge < -0.3 is 24.8 Å². The van der Waals surface area contributed by atoms with E-state index in [0.717, 1.165) is 47.1 Å². The molecule has 2 atom stereocenters. The minimum atomic E-state index is -0.345. The fourth-order valence-electron chi connectivity index (χ4n) is 6.11. The maximum atomic E-state index is 11.9. The van der Waals surface area contributed by atoms with Crippen LogP contribution in [0.15, 0.2) is 79.0 Å². The van der Waals surface area contributed by atoms with Gasteiger partial charge in [-0.3, -0.25) is 15.0 Å². The van der Waals surface area contributed by atoms with E-state index in [2.05, 4.69) is 68.4 Å². The number of H-pyrrole nitrogens is 1. The number of rotatable bonds is 12. The Hall–Kier alpha value is -4.67. The third-order valence-corrected chi connectivity index (χ3v) is 8.58. The first-order valence-corrected chi connectivity index (χ1v) is 15.0. The number of benzene rings is 3. The molecule has 228 valence electrons. The Morgan fingerprint density at radius 1 is 1.00 bits per heavy atom. The third kappa shape index (κ3) is 6.31. The van der Waals surface area contributed by atoms with E-state index in [1.807, 2.05) is 30.3 Å². The summed E-state index contributed by atoms with van der Waals surface area (Å²) in [6.07, 6.45) is 5.00. The van der Waals surface area contributed by atoms with Crippen LogP contribution in [-0.2, 0) is 30.6 Å². The molecule has 1 aliphatic rings. The lowest BCUT2D eigenvalue weighted by Gasteiger charge is -2.37. The molecule has 1 amide bonds. The SMILES string of the molecule is COc1ccc(Cn2c(CCc3ccccc3)nnc2[C@@H](Cc2c[nH]c3ccccc23)N2CCC(C(N)=O)NC2)c(OC)c1. The molecule has 1 saturated heterocycles. The van der Waals surface area contributed by atoms with Crippen molar-refractivity contribution in [3.63, 3.8) is 0 Å². The monoisotopic (exact) mass is 593 g/mol. The lowest BCUT2D eigenvalue weighted by atomic mass is 10.0. The number of carbonyl (C=O) groups excluding carboxylic acids is 1. The zero-order chi connectivity index (χ0) is 30.5. The second-order valence-electron chi connectivity index (χ2n) is 11.2. The molecule has 44 heavy (non-hydrogen) atoms. The highest BCUT2D eigenvalue weighted by atomic mass is 16.5. The number of para-hydroxylation sites is 1. The number of aromatic nitrogens is 4. The Bertz CT molecular complexity index is 1710. The molecular formula is C34H39N7O3. The molecule has 10 heteroatoms. The molecule has 1 fully saturated rings. The lowest BCUT2D eigenvalue weighted by molar-refractivity contribution is -0.121. The van der Waals surface area contributed by atoms with E-state index in [9.17, 15) is 4.79 Å². The number of hydrogen-bond donors (Lipinski definition) is 3. The van der Waals surface area contributed by atoms with Gasteiger partial charge in [0.15, 0.2) is 5.82 Å². The van der Waals surface area contributed by atoms with Crippen LogP contribution in [0.4, 0.5) is 0 Å². The first kappa shape index (κ1) is 29.4. The highest BCUT2D eigenvalue weighted by Crippen LogP contribution is 2.32. The molecule has 5 aromatic rings. The minimum absolute atomic E-state index is 0.113. The maximum Gasteiger partial charge on any atom is 0.234 e. The van der Waals surface area contributed by atoms with Crippen LogP contribution in [0, 0.1) is 0 Å². The number of methoxy groups -OCH3 is 2. The predicted octanol–water partition coefficient (Wildman–Crippen LogP) is 4.00. The molecule has 0 radical (unpaired) electrons. The zero-order valence-corrected chi connectivity index (χ0v) is 25.2. The number of aromatic amines is 1. The Balaban J connectivity index is 1.40. The van der Waals surface area contributed by atoms with Gasteiger partial charge in [0.05, 0.1) is 32.8 Å². The molecule has 6 rings (SSSR count). The summed E-state index contributed by atoms with van der Waals surface area (Å²) in [5.74, 6) is 2.94. The summed E-state index contributed by atoms with van der Waals surface area (Å²) in [6.45, 7) is 1.75. The van der Waals surface area contributed by atoms with E-state index < -0.39 is 0 Å².